The minimum Gasteiger partial charge on any atom is -0.512 e. The predicted octanol–water partition coefficient (Wildman–Crippen LogP) is 5.87. The molecule has 222 valence electrons. The molecule has 1 unspecified atom stereocenters. The van der Waals surface area contributed by atoms with Gasteiger partial charge in [0.25, 0.3) is 0 Å². The van der Waals surface area contributed by atoms with Crippen LogP contribution in [0.5, 0.6) is 23.0 Å². The zero-order chi connectivity index (χ0) is 29.8. The van der Waals surface area contributed by atoms with E-state index in [1.807, 2.05) is 6.08 Å². The Morgan fingerprint density at radius 3 is 2.46 bits per heavy atom. The van der Waals surface area contributed by atoms with Crippen molar-refractivity contribution in [3.05, 3.63) is 65.6 Å². The molecule has 1 amide bonds. The number of aromatic hydroxyl groups is 1. The molecule has 0 fully saturated rings. The Bertz CT molecular complexity index is 1290. The van der Waals surface area contributed by atoms with Crippen LogP contribution in [0.4, 0.5) is 11.4 Å². The largest absolute Gasteiger partial charge is 0.512 e. The van der Waals surface area contributed by atoms with Crippen molar-refractivity contribution in [3.8, 4) is 23.0 Å². The van der Waals surface area contributed by atoms with Gasteiger partial charge in [0.15, 0.2) is 28.8 Å². The van der Waals surface area contributed by atoms with Crippen LogP contribution >= 0.6 is 12.6 Å². The van der Waals surface area contributed by atoms with E-state index in [0.717, 1.165) is 24.9 Å². The van der Waals surface area contributed by atoms with E-state index in [-0.39, 0.29) is 28.9 Å². The molecule has 0 heterocycles. The van der Waals surface area contributed by atoms with Gasteiger partial charge < -0.3 is 45.5 Å². The summed E-state index contributed by atoms with van der Waals surface area (Å²) < 4.78 is 22.1. The van der Waals surface area contributed by atoms with E-state index >= 15 is 0 Å². The number of hydrogen-bond donors (Lipinski definition) is 6. The molecule has 2 aromatic carbocycles. The highest BCUT2D eigenvalue weighted by Crippen LogP contribution is 2.38. The number of unbranched alkanes of at least 4 members (excludes halogenated alkanes) is 3. The highest BCUT2D eigenvalue weighted by molar-refractivity contribution is 7.81. The predicted molar refractivity (Wildman–Crippen MR) is 163 cm³/mol. The number of anilines is 2. The number of benzene rings is 2. The summed E-state index contributed by atoms with van der Waals surface area (Å²) in [6.45, 7) is 2.87. The molecule has 11 heteroatoms. The number of hydrogen-bond acceptors (Lipinski definition) is 10. The number of carbonyl (C=O) groups excluding carboxylic acids is 1. The number of amides is 1. The van der Waals surface area contributed by atoms with Gasteiger partial charge >= 0.3 is 0 Å². The molecule has 6 N–H and O–H groups in total. The lowest BCUT2D eigenvalue weighted by Crippen LogP contribution is -2.37. The lowest BCUT2D eigenvalue weighted by atomic mass is 10.0. The molecule has 0 aromatic heterocycles. The van der Waals surface area contributed by atoms with Crippen LogP contribution in [0.3, 0.4) is 0 Å². The topological polar surface area (TPSA) is 145 Å². The molecule has 0 spiro atoms. The van der Waals surface area contributed by atoms with Crippen molar-refractivity contribution in [2.24, 2.45) is 0 Å². The molecule has 10 nitrogen and oxygen atoms in total. The van der Waals surface area contributed by atoms with Crippen molar-refractivity contribution < 1.29 is 34.0 Å². The van der Waals surface area contributed by atoms with Crippen LogP contribution in [-0.2, 0) is 9.53 Å². The van der Waals surface area contributed by atoms with Crippen LogP contribution in [0.2, 0.25) is 0 Å². The monoisotopic (exact) mass is 585 g/mol. The number of ether oxygens (including phenoxy) is 4. The molecule has 3 rings (SSSR count). The van der Waals surface area contributed by atoms with Crippen molar-refractivity contribution in [2.75, 3.05) is 31.9 Å². The summed E-state index contributed by atoms with van der Waals surface area (Å²) >= 11 is 4.42. The van der Waals surface area contributed by atoms with Crippen molar-refractivity contribution >= 4 is 35.7 Å². The number of methoxy groups -OCH3 is 2. The van der Waals surface area contributed by atoms with Crippen LogP contribution in [0.15, 0.2) is 60.1 Å². The highest BCUT2D eigenvalue weighted by Gasteiger charge is 2.19. The van der Waals surface area contributed by atoms with Gasteiger partial charge in [-0.15, -0.1) is 12.6 Å². The smallest absolute Gasteiger partial charge is 0.249 e. The van der Waals surface area contributed by atoms with Gasteiger partial charge in [0.05, 0.1) is 26.6 Å². The zero-order valence-electron chi connectivity index (χ0n) is 23.6. The zero-order valence-corrected chi connectivity index (χ0v) is 24.5. The summed E-state index contributed by atoms with van der Waals surface area (Å²) in [4.78, 5) is 12.7. The first-order valence-electron chi connectivity index (χ1n) is 13.4. The van der Waals surface area contributed by atoms with Crippen LogP contribution < -0.4 is 30.6 Å². The average Bonchev–Trinajstić information content (AvgIpc) is 2.97. The SMILES string of the molecule is CCCCCCOC1=CC=C(C(=O)NC(S)Nc2ccc(O/C(=C/O)c3cc(OC)c(OC)cc3N)c(O)c2)CC1. The summed E-state index contributed by atoms with van der Waals surface area (Å²) in [7, 11) is 2.96. The maximum Gasteiger partial charge on any atom is 0.249 e. The minimum atomic E-state index is -0.728. The van der Waals surface area contributed by atoms with Crippen LogP contribution in [0.25, 0.3) is 5.76 Å². The van der Waals surface area contributed by atoms with Crippen molar-refractivity contribution in [3.63, 3.8) is 0 Å². The quantitative estimate of drug-likeness (QED) is 0.0497. The summed E-state index contributed by atoms with van der Waals surface area (Å²) in [5.41, 5.74) is 7.09. The number of thiol groups is 1. The van der Waals surface area contributed by atoms with E-state index in [9.17, 15) is 15.0 Å². The Labute approximate surface area is 246 Å². The first-order chi connectivity index (χ1) is 19.8. The molecule has 1 aliphatic carbocycles. The van der Waals surface area contributed by atoms with Crippen LogP contribution in [-0.4, -0.2) is 42.4 Å². The number of aliphatic hydroxyl groups excluding tert-OH is 1. The van der Waals surface area contributed by atoms with Crippen LogP contribution in [0, 0.1) is 0 Å². The van der Waals surface area contributed by atoms with Gasteiger partial charge in [-0.25, -0.2) is 0 Å². The van der Waals surface area contributed by atoms with Crippen molar-refractivity contribution in [2.45, 2.75) is 50.9 Å². The molecule has 2 aromatic rings. The molecule has 0 aliphatic heterocycles. The van der Waals surface area contributed by atoms with Gasteiger partial charge in [0.2, 0.25) is 5.91 Å². The van der Waals surface area contributed by atoms with Crippen molar-refractivity contribution in [1.82, 2.24) is 5.32 Å². The van der Waals surface area contributed by atoms with Gasteiger partial charge in [-0.1, -0.05) is 32.3 Å². The molecule has 1 atom stereocenters. The number of phenolic OH excluding ortho intramolecular Hbond substituents is 1. The Kier molecular flexibility index (Phi) is 12.0. The van der Waals surface area contributed by atoms with E-state index in [0.29, 0.717) is 47.8 Å². The first kappa shape index (κ1) is 31.4. The number of aliphatic hydroxyl groups is 1. The Morgan fingerprint density at radius 2 is 1.83 bits per heavy atom. The van der Waals surface area contributed by atoms with Crippen molar-refractivity contribution in [1.29, 1.82) is 0 Å². The van der Waals surface area contributed by atoms with Crippen LogP contribution in [0.1, 0.15) is 51.0 Å². The summed E-state index contributed by atoms with van der Waals surface area (Å²) in [6.07, 6.45) is 10.2. The van der Waals surface area contributed by atoms with Gasteiger partial charge in [0, 0.05) is 41.1 Å². The molecule has 0 saturated heterocycles. The Morgan fingerprint density at radius 1 is 1.07 bits per heavy atom. The highest BCUT2D eigenvalue weighted by atomic mass is 32.1. The number of nitrogens with one attached hydrogen (secondary N) is 2. The molecule has 0 saturated carbocycles. The fraction of sp³-hybridized carbons (Fsp3) is 0.367. The average molecular weight is 586 g/mol. The molecule has 41 heavy (non-hydrogen) atoms. The van der Waals surface area contributed by atoms with Gasteiger partial charge in [-0.3, -0.25) is 4.79 Å². The molecule has 1 aliphatic rings. The first-order valence-corrected chi connectivity index (χ1v) is 14.0. The van der Waals surface area contributed by atoms with E-state index in [1.165, 1.54) is 45.3 Å². The van der Waals surface area contributed by atoms with E-state index < -0.39 is 5.50 Å². The third kappa shape index (κ3) is 8.94. The number of phenols is 1. The number of allylic oxidation sites excluding steroid dienone is 3. The van der Waals surface area contributed by atoms with E-state index in [4.69, 9.17) is 24.7 Å². The van der Waals surface area contributed by atoms with Gasteiger partial charge in [0.1, 0.15) is 11.8 Å². The molecular weight excluding hydrogens is 546 g/mol. The van der Waals surface area contributed by atoms with E-state index in [2.05, 4.69) is 30.2 Å². The summed E-state index contributed by atoms with van der Waals surface area (Å²) in [5, 5.41) is 26.2. The standard InChI is InChI=1S/C30H39N3O7S/c1-4-5-6-7-14-39-21-11-8-19(9-12-21)29(36)33-30(41)32-20-10-13-25(24(35)15-20)40-28(18-34)22-16-26(37-2)27(38-3)17-23(22)31/h8,10-11,13,15-18,30,32,34-35,41H,4-7,9,12,14,31H2,1-3H3,(H,33,36)/b28-18+. The third-order valence-corrected chi connectivity index (χ3v) is 6.63. The lowest BCUT2D eigenvalue weighted by Gasteiger charge is -2.20. The fourth-order valence-electron chi connectivity index (χ4n) is 4.14. The molecule has 0 radical (unpaired) electrons. The Hall–Kier alpha value is -4.12. The van der Waals surface area contributed by atoms with Gasteiger partial charge in [-0.2, -0.15) is 0 Å². The Balaban J connectivity index is 1.57. The summed E-state index contributed by atoms with van der Waals surface area (Å²) in [5.74, 6) is 1.28. The normalized spacial score (nSPS) is 13.9. The summed E-state index contributed by atoms with van der Waals surface area (Å²) in [6, 6.07) is 7.63. The second-order valence-electron chi connectivity index (χ2n) is 9.33. The van der Waals surface area contributed by atoms with E-state index in [1.54, 1.807) is 18.2 Å². The number of rotatable bonds is 15. The number of nitrogen functional groups attached to an aromatic ring is 1. The lowest BCUT2D eigenvalue weighted by molar-refractivity contribution is -0.117. The maximum atomic E-state index is 12.7. The molecular formula is C30H39N3O7S. The maximum absolute atomic E-state index is 12.7. The molecule has 0 bridgehead atoms. The number of carbonyl (C=O) groups is 1. The fourth-order valence-corrected chi connectivity index (χ4v) is 4.41. The second-order valence-corrected chi connectivity index (χ2v) is 9.84. The third-order valence-electron chi connectivity index (χ3n) is 6.38. The van der Waals surface area contributed by atoms with Gasteiger partial charge in [-0.05, 0) is 37.1 Å². The minimum absolute atomic E-state index is 0.0151. The number of nitrogens with two attached hydrogens (primary N) is 1. The second kappa shape index (κ2) is 15.6.